The third kappa shape index (κ3) is 3.74. The van der Waals surface area contributed by atoms with Crippen molar-refractivity contribution in [3.8, 4) is 6.07 Å². The Balaban J connectivity index is 2.36. The number of hydrogen-bond donors (Lipinski definition) is 1. The largest absolute Gasteiger partial charge is 0.322 e. The second-order valence-corrected chi connectivity index (χ2v) is 7.61. The molecule has 124 valence electrons. The van der Waals surface area contributed by atoms with E-state index in [-0.39, 0.29) is 15.5 Å². The molecule has 0 heterocycles. The molecular formula is C16H14ClN3O3S. The van der Waals surface area contributed by atoms with Crippen molar-refractivity contribution in [3.63, 3.8) is 0 Å². The highest BCUT2D eigenvalue weighted by molar-refractivity contribution is 7.89. The number of sulfonamides is 1. The molecule has 8 heteroatoms. The van der Waals surface area contributed by atoms with Gasteiger partial charge in [-0.1, -0.05) is 17.7 Å². The van der Waals surface area contributed by atoms with Gasteiger partial charge in [0.2, 0.25) is 10.0 Å². The summed E-state index contributed by atoms with van der Waals surface area (Å²) >= 11 is 5.96. The summed E-state index contributed by atoms with van der Waals surface area (Å²) in [7, 11) is -1.01. The van der Waals surface area contributed by atoms with Crippen LogP contribution >= 0.6 is 11.6 Å². The first kappa shape index (κ1) is 17.9. The molecule has 0 aliphatic carbocycles. The van der Waals surface area contributed by atoms with Crippen LogP contribution in [-0.4, -0.2) is 32.7 Å². The minimum atomic E-state index is -3.77. The van der Waals surface area contributed by atoms with E-state index >= 15 is 0 Å². The Morgan fingerprint density at radius 2 is 1.92 bits per heavy atom. The Bertz CT molecular complexity index is 934. The molecule has 0 saturated carbocycles. The highest BCUT2D eigenvalue weighted by Gasteiger charge is 2.22. The lowest BCUT2D eigenvalue weighted by atomic mass is 10.2. The third-order valence-corrected chi connectivity index (χ3v) is 5.50. The van der Waals surface area contributed by atoms with E-state index < -0.39 is 15.9 Å². The van der Waals surface area contributed by atoms with Crippen molar-refractivity contribution in [2.24, 2.45) is 0 Å². The number of nitrogens with one attached hydrogen (secondary N) is 1. The number of carbonyl (C=O) groups excluding carboxylic acids is 1. The standard InChI is InChI=1S/C16H14ClN3O3S/c1-20(2)24(22,23)15-9-12(6-7-14(15)17)16(21)19-13-5-3-4-11(8-13)10-18/h3-9H,1-2H3,(H,19,21). The van der Waals surface area contributed by atoms with Gasteiger partial charge in [-0.3, -0.25) is 4.79 Å². The van der Waals surface area contributed by atoms with Crippen molar-refractivity contribution in [1.82, 2.24) is 4.31 Å². The number of rotatable bonds is 4. The first-order chi connectivity index (χ1) is 11.3. The Labute approximate surface area is 145 Å². The van der Waals surface area contributed by atoms with Crippen LogP contribution in [0, 0.1) is 11.3 Å². The van der Waals surface area contributed by atoms with E-state index in [0.29, 0.717) is 11.3 Å². The average Bonchev–Trinajstić information content (AvgIpc) is 2.55. The summed E-state index contributed by atoms with van der Waals surface area (Å²) in [5.74, 6) is -0.503. The Kier molecular flexibility index (Phi) is 5.24. The number of carbonyl (C=O) groups is 1. The van der Waals surface area contributed by atoms with Gasteiger partial charge in [-0.2, -0.15) is 5.26 Å². The molecule has 2 aromatic rings. The number of nitrogens with zero attached hydrogens (tertiary/aromatic N) is 2. The lowest BCUT2D eigenvalue weighted by Crippen LogP contribution is -2.23. The monoisotopic (exact) mass is 363 g/mol. The molecule has 0 unspecified atom stereocenters. The molecule has 0 aromatic heterocycles. The van der Waals surface area contributed by atoms with Gasteiger partial charge in [-0.25, -0.2) is 12.7 Å². The fourth-order valence-corrected chi connectivity index (χ4v) is 3.30. The van der Waals surface area contributed by atoms with Crippen molar-refractivity contribution in [2.75, 3.05) is 19.4 Å². The van der Waals surface area contributed by atoms with Crippen LogP contribution in [0.25, 0.3) is 0 Å². The molecule has 0 aliphatic heterocycles. The van der Waals surface area contributed by atoms with Gasteiger partial charge < -0.3 is 5.32 Å². The highest BCUT2D eigenvalue weighted by Crippen LogP contribution is 2.25. The first-order valence-corrected chi connectivity index (χ1v) is 8.61. The summed E-state index contributed by atoms with van der Waals surface area (Å²) < 4.78 is 25.5. The Hall–Kier alpha value is -2.40. The van der Waals surface area contributed by atoms with Crippen LogP contribution in [0.1, 0.15) is 15.9 Å². The smallest absolute Gasteiger partial charge is 0.255 e. The van der Waals surface area contributed by atoms with E-state index in [0.717, 1.165) is 4.31 Å². The van der Waals surface area contributed by atoms with Crippen LogP contribution < -0.4 is 5.32 Å². The molecule has 0 radical (unpaired) electrons. The van der Waals surface area contributed by atoms with Crippen LogP contribution in [0.3, 0.4) is 0 Å². The predicted octanol–water partition coefficient (Wildman–Crippen LogP) is 2.71. The topological polar surface area (TPSA) is 90.3 Å². The molecule has 1 N–H and O–H groups in total. The van der Waals surface area contributed by atoms with Crippen molar-refractivity contribution in [1.29, 1.82) is 5.26 Å². The molecule has 0 bridgehead atoms. The minimum Gasteiger partial charge on any atom is -0.322 e. The second-order valence-electron chi connectivity index (χ2n) is 5.08. The van der Waals surface area contributed by atoms with E-state index in [1.165, 1.54) is 38.4 Å². The molecule has 0 aliphatic rings. The fourth-order valence-electron chi connectivity index (χ4n) is 1.91. The number of anilines is 1. The molecule has 0 atom stereocenters. The van der Waals surface area contributed by atoms with Gasteiger partial charge in [-0.05, 0) is 36.4 Å². The van der Waals surface area contributed by atoms with Crippen LogP contribution in [0.2, 0.25) is 5.02 Å². The molecule has 2 rings (SSSR count). The van der Waals surface area contributed by atoms with Gasteiger partial charge in [0.1, 0.15) is 4.90 Å². The first-order valence-electron chi connectivity index (χ1n) is 6.79. The highest BCUT2D eigenvalue weighted by atomic mass is 35.5. The van der Waals surface area contributed by atoms with Gasteiger partial charge in [0, 0.05) is 25.3 Å². The van der Waals surface area contributed by atoms with E-state index in [4.69, 9.17) is 16.9 Å². The SMILES string of the molecule is CN(C)S(=O)(=O)c1cc(C(=O)Nc2cccc(C#N)c2)ccc1Cl. The quantitative estimate of drug-likeness (QED) is 0.904. The fraction of sp³-hybridized carbons (Fsp3) is 0.125. The summed E-state index contributed by atoms with van der Waals surface area (Å²) in [5, 5.41) is 11.5. The maximum Gasteiger partial charge on any atom is 0.255 e. The molecule has 0 fully saturated rings. The molecule has 24 heavy (non-hydrogen) atoms. The van der Waals surface area contributed by atoms with E-state index in [9.17, 15) is 13.2 Å². The Morgan fingerprint density at radius 3 is 2.54 bits per heavy atom. The lowest BCUT2D eigenvalue weighted by molar-refractivity contribution is 0.102. The van der Waals surface area contributed by atoms with E-state index in [1.54, 1.807) is 18.2 Å². The van der Waals surface area contributed by atoms with E-state index in [1.807, 2.05) is 6.07 Å². The number of halogens is 1. The summed E-state index contributed by atoms with van der Waals surface area (Å²) in [6.07, 6.45) is 0. The van der Waals surface area contributed by atoms with Crippen LogP contribution in [0.5, 0.6) is 0 Å². The Morgan fingerprint density at radius 1 is 1.21 bits per heavy atom. The van der Waals surface area contributed by atoms with Gasteiger partial charge in [0.05, 0.1) is 16.7 Å². The maximum atomic E-state index is 12.3. The predicted molar refractivity (Wildman–Crippen MR) is 91.4 cm³/mol. The second kappa shape index (κ2) is 7.01. The number of hydrogen-bond acceptors (Lipinski definition) is 4. The number of amides is 1. The van der Waals surface area contributed by atoms with Crippen molar-refractivity contribution in [3.05, 3.63) is 58.6 Å². The summed E-state index contributed by atoms with van der Waals surface area (Å²) in [5.41, 5.74) is 0.980. The lowest BCUT2D eigenvalue weighted by Gasteiger charge is -2.14. The van der Waals surface area contributed by atoms with Crippen LogP contribution in [0.4, 0.5) is 5.69 Å². The van der Waals surface area contributed by atoms with Crippen molar-refractivity contribution < 1.29 is 13.2 Å². The van der Waals surface area contributed by atoms with Gasteiger partial charge in [0.15, 0.2) is 0 Å². The zero-order chi connectivity index (χ0) is 17.9. The molecule has 1 amide bonds. The summed E-state index contributed by atoms with van der Waals surface area (Å²) in [6, 6.07) is 12.4. The molecule has 6 nitrogen and oxygen atoms in total. The summed E-state index contributed by atoms with van der Waals surface area (Å²) in [4.78, 5) is 12.2. The number of nitriles is 1. The van der Waals surface area contributed by atoms with Crippen molar-refractivity contribution >= 4 is 33.2 Å². The van der Waals surface area contributed by atoms with Crippen LogP contribution in [-0.2, 0) is 10.0 Å². The zero-order valence-corrected chi connectivity index (χ0v) is 14.5. The van der Waals surface area contributed by atoms with Gasteiger partial charge in [0.25, 0.3) is 5.91 Å². The average molecular weight is 364 g/mol. The van der Waals surface area contributed by atoms with Gasteiger partial charge in [-0.15, -0.1) is 0 Å². The molecule has 0 saturated heterocycles. The van der Waals surface area contributed by atoms with Gasteiger partial charge >= 0.3 is 0 Å². The minimum absolute atomic E-state index is 0.0340. The molecule has 0 spiro atoms. The summed E-state index contributed by atoms with van der Waals surface area (Å²) in [6.45, 7) is 0. The maximum absolute atomic E-state index is 12.3. The molecular weight excluding hydrogens is 350 g/mol. The number of benzene rings is 2. The van der Waals surface area contributed by atoms with Crippen molar-refractivity contribution in [2.45, 2.75) is 4.90 Å². The van der Waals surface area contributed by atoms with Crippen LogP contribution in [0.15, 0.2) is 47.4 Å². The normalized spacial score (nSPS) is 11.1. The third-order valence-electron chi connectivity index (χ3n) is 3.20. The molecule has 2 aromatic carbocycles. The zero-order valence-electron chi connectivity index (χ0n) is 12.9. The van der Waals surface area contributed by atoms with E-state index in [2.05, 4.69) is 5.32 Å².